The highest BCUT2D eigenvalue weighted by molar-refractivity contribution is 7.89. The molecule has 1 aromatic heterocycles. The van der Waals surface area contributed by atoms with Crippen molar-refractivity contribution >= 4 is 15.8 Å². The number of primary sulfonamides is 1. The second kappa shape index (κ2) is 4.78. The van der Waals surface area contributed by atoms with E-state index >= 15 is 0 Å². The average Bonchev–Trinajstić information content (AvgIpc) is 2.25. The van der Waals surface area contributed by atoms with Gasteiger partial charge in [0.2, 0.25) is 10.0 Å². The van der Waals surface area contributed by atoms with Gasteiger partial charge >= 0.3 is 12.2 Å². The minimum absolute atomic E-state index is 0.458. The highest BCUT2D eigenvalue weighted by Crippen LogP contribution is 2.34. The van der Waals surface area contributed by atoms with Gasteiger partial charge in [-0.1, -0.05) is 0 Å². The molecule has 0 aliphatic carbocycles. The number of nitro groups is 1. The van der Waals surface area contributed by atoms with Crippen molar-refractivity contribution in [2.75, 3.05) is 7.11 Å². The number of rotatable bonds is 4. The second-order valence-corrected chi connectivity index (χ2v) is 4.53. The smallest absolute Gasteiger partial charge is 0.365 e. The van der Waals surface area contributed by atoms with E-state index < -0.39 is 43.5 Å². The van der Waals surface area contributed by atoms with Gasteiger partial charge in [-0.15, -0.1) is 0 Å². The van der Waals surface area contributed by atoms with E-state index in [0.717, 1.165) is 7.11 Å². The van der Waals surface area contributed by atoms with Crippen molar-refractivity contribution in [3.8, 4) is 5.75 Å². The molecule has 0 amide bonds. The van der Waals surface area contributed by atoms with Crippen LogP contribution in [0.1, 0.15) is 12.1 Å². The summed E-state index contributed by atoms with van der Waals surface area (Å²) in [7, 11) is -3.54. The summed E-state index contributed by atoms with van der Waals surface area (Å²) in [6, 6.07) is 0.458. The molecule has 2 N–H and O–H groups in total. The molecule has 0 saturated carbocycles. The molecule has 0 spiro atoms. The summed E-state index contributed by atoms with van der Waals surface area (Å²) in [6.07, 6.45) is -3.25. The number of alkyl halides is 2. The molecule has 100 valence electrons. The lowest BCUT2D eigenvalue weighted by molar-refractivity contribution is -0.390. The summed E-state index contributed by atoms with van der Waals surface area (Å²) in [5, 5.41) is 15.2. The van der Waals surface area contributed by atoms with Crippen LogP contribution in [0.25, 0.3) is 0 Å². The molecule has 0 unspecified atom stereocenters. The van der Waals surface area contributed by atoms with Gasteiger partial charge in [-0.3, -0.25) is 0 Å². The van der Waals surface area contributed by atoms with Crippen molar-refractivity contribution in [3.63, 3.8) is 0 Å². The van der Waals surface area contributed by atoms with E-state index in [1.807, 2.05) is 0 Å². The lowest BCUT2D eigenvalue weighted by atomic mass is 10.3. The first-order valence-electron chi connectivity index (χ1n) is 4.22. The monoisotopic (exact) mass is 283 g/mol. The van der Waals surface area contributed by atoms with E-state index in [2.05, 4.69) is 9.72 Å². The molecule has 1 heterocycles. The van der Waals surface area contributed by atoms with Gasteiger partial charge in [0, 0.05) is 0 Å². The average molecular weight is 283 g/mol. The lowest BCUT2D eigenvalue weighted by Crippen LogP contribution is -2.16. The summed E-state index contributed by atoms with van der Waals surface area (Å²) in [6.45, 7) is 0. The number of nitrogens with two attached hydrogens (primary N) is 1. The Morgan fingerprint density at radius 2 is 2.11 bits per heavy atom. The van der Waals surface area contributed by atoms with Crippen LogP contribution < -0.4 is 9.88 Å². The van der Waals surface area contributed by atoms with E-state index in [-0.39, 0.29) is 0 Å². The third-order valence-corrected chi connectivity index (χ3v) is 2.77. The Morgan fingerprint density at radius 3 is 2.44 bits per heavy atom. The lowest BCUT2D eigenvalue weighted by Gasteiger charge is -2.08. The van der Waals surface area contributed by atoms with Crippen LogP contribution in [0.5, 0.6) is 5.75 Å². The zero-order valence-corrected chi connectivity index (χ0v) is 9.65. The molecule has 0 bridgehead atoms. The van der Waals surface area contributed by atoms with Crippen molar-refractivity contribution in [1.82, 2.24) is 4.98 Å². The van der Waals surface area contributed by atoms with Gasteiger partial charge in [-0.2, -0.15) is 0 Å². The summed E-state index contributed by atoms with van der Waals surface area (Å²) < 4.78 is 52.1. The van der Waals surface area contributed by atoms with Gasteiger partial charge in [0.1, 0.15) is 4.90 Å². The SMILES string of the molecule is COc1c(S(N)(=O)=O)cc([N+](=O)[O-])nc1C(F)F. The molecule has 8 nitrogen and oxygen atoms in total. The van der Waals surface area contributed by atoms with Crippen molar-refractivity contribution in [2.45, 2.75) is 11.3 Å². The van der Waals surface area contributed by atoms with Gasteiger partial charge in [0.25, 0.3) is 5.69 Å². The van der Waals surface area contributed by atoms with Crippen LogP contribution in [0.4, 0.5) is 14.6 Å². The molecular weight excluding hydrogens is 276 g/mol. The number of nitrogens with zero attached hydrogens (tertiary/aromatic N) is 2. The predicted octanol–water partition coefficient (Wildman–Crippen LogP) is 0.583. The molecule has 0 aromatic carbocycles. The van der Waals surface area contributed by atoms with Gasteiger partial charge in [-0.05, 0) is 9.91 Å². The minimum atomic E-state index is -4.46. The number of hydrogen-bond donors (Lipinski definition) is 1. The summed E-state index contributed by atoms with van der Waals surface area (Å²) >= 11 is 0. The van der Waals surface area contributed by atoms with E-state index in [4.69, 9.17) is 5.14 Å². The number of halogens is 2. The first-order valence-corrected chi connectivity index (χ1v) is 5.77. The number of ether oxygens (including phenoxy) is 1. The highest BCUT2D eigenvalue weighted by atomic mass is 32.2. The normalized spacial score (nSPS) is 11.6. The molecule has 0 atom stereocenters. The van der Waals surface area contributed by atoms with Crippen LogP contribution in [0.3, 0.4) is 0 Å². The van der Waals surface area contributed by atoms with Crippen molar-refractivity contribution in [1.29, 1.82) is 0 Å². The third-order valence-electron chi connectivity index (χ3n) is 1.86. The second-order valence-electron chi connectivity index (χ2n) is 3.00. The minimum Gasteiger partial charge on any atom is -0.491 e. The van der Waals surface area contributed by atoms with E-state index in [9.17, 15) is 27.3 Å². The maximum atomic E-state index is 12.6. The predicted molar refractivity (Wildman–Crippen MR) is 53.8 cm³/mol. The van der Waals surface area contributed by atoms with E-state index in [1.54, 1.807) is 0 Å². The Balaban J connectivity index is 3.73. The van der Waals surface area contributed by atoms with Crippen molar-refractivity contribution in [3.05, 3.63) is 21.9 Å². The molecule has 0 saturated heterocycles. The standard InChI is InChI=1S/C7H7F2N3O5S/c1-17-6-3(18(10,15)16)2-4(12(13)14)11-5(6)7(8)9/h2,7H,1H3,(H2,10,15,16). The molecule has 0 aliphatic heterocycles. The number of methoxy groups -OCH3 is 1. The number of aromatic nitrogens is 1. The largest absolute Gasteiger partial charge is 0.491 e. The molecule has 11 heteroatoms. The topological polar surface area (TPSA) is 125 Å². The van der Waals surface area contributed by atoms with Crippen LogP contribution in [-0.2, 0) is 10.0 Å². The first-order chi connectivity index (χ1) is 8.18. The molecular formula is C7H7F2N3O5S. The fourth-order valence-corrected chi connectivity index (χ4v) is 1.89. The first kappa shape index (κ1) is 14.2. The van der Waals surface area contributed by atoms with Gasteiger partial charge < -0.3 is 14.9 Å². The molecule has 18 heavy (non-hydrogen) atoms. The van der Waals surface area contributed by atoms with Gasteiger partial charge in [0.15, 0.2) is 5.75 Å². The molecule has 1 aromatic rings. The fraction of sp³-hybridized carbons (Fsp3) is 0.286. The Morgan fingerprint density at radius 1 is 1.56 bits per heavy atom. The van der Waals surface area contributed by atoms with Crippen LogP contribution in [0.2, 0.25) is 0 Å². The maximum absolute atomic E-state index is 12.6. The number of pyridine rings is 1. The van der Waals surface area contributed by atoms with Gasteiger partial charge in [0.05, 0.1) is 13.2 Å². The zero-order chi connectivity index (χ0) is 14.1. The Hall–Kier alpha value is -1.88. The maximum Gasteiger partial charge on any atom is 0.365 e. The molecule has 1 rings (SSSR count). The fourth-order valence-electron chi connectivity index (χ4n) is 1.17. The number of sulfonamides is 1. The molecule has 0 fully saturated rings. The molecule has 0 radical (unpaired) electrons. The zero-order valence-electron chi connectivity index (χ0n) is 8.83. The van der Waals surface area contributed by atoms with Gasteiger partial charge in [-0.25, -0.2) is 22.3 Å². The third kappa shape index (κ3) is 2.68. The van der Waals surface area contributed by atoms with Crippen molar-refractivity contribution < 1.29 is 26.9 Å². The molecule has 0 aliphatic rings. The van der Waals surface area contributed by atoms with Crippen LogP contribution in [0, 0.1) is 10.1 Å². The Kier molecular flexibility index (Phi) is 3.76. The number of hydrogen-bond acceptors (Lipinski definition) is 6. The summed E-state index contributed by atoms with van der Waals surface area (Å²) in [4.78, 5) is 11.5. The van der Waals surface area contributed by atoms with E-state index in [1.165, 1.54) is 0 Å². The highest BCUT2D eigenvalue weighted by Gasteiger charge is 2.32. The summed E-state index contributed by atoms with van der Waals surface area (Å²) in [5.41, 5.74) is -1.16. The Labute approximate surface area is 99.6 Å². The Bertz CT molecular complexity index is 589. The van der Waals surface area contributed by atoms with Crippen LogP contribution >= 0.6 is 0 Å². The van der Waals surface area contributed by atoms with Crippen LogP contribution in [-0.4, -0.2) is 25.4 Å². The van der Waals surface area contributed by atoms with E-state index in [0.29, 0.717) is 6.07 Å². The van der Waals surface area contributed by atoms with Crippen molar-refractivity contribution in [2.24, 2.45) is 5.14 Å². The van der Waals surface area contributed by atoms with Crippen LogP contribution in [0.15, 0.2) is 11.0 Å². The summed E-state index contributed by atoms with van der Waals surface area (Å²) in [5.74, 6) is -1.87. The quantitative estimate of drug-likeness (QED) is 0.636.